The number of hydrogen-bond acceptors (Lipinski definition) is 3. The van der Waals surface area contributed by atoms with Crippen molar-refractivity contribution in [3.05, 3.63) is 0 Å². The van der Waals surface area contributed by atoms with Crippen LogP contribution in [0.15, 0.2) is 0 Å². The lowest BCUT2D eigenvalue weighted by atomic mass is 10.1. The first-order valence-electron chi connectivity index (χ1n) is 5.11. The molecule has 14 heavy (non-hydrogen) atoms. The molecule has 0 aromatic heterocycles. The van der Waals surface area contributed by atoms with E-state index in [4.69, 9.17) is 5.11 Å². The van der Waals surface area contributed by atoms with Crippen molar-refractivity contribution in [1.29, 1.82) is 0 Å². The van der Waals surface area contributed by atoms with Crippen LogP contribution in [0.5, 0.6) is 0 Å². The lowest BCUT2D eigenvalue weighted by Crippen LogP contribution is -2.43. The quantitative estimate of drug-likeness (QED) is 0.640. The molecule has 0 amide bonds. The van der Waals surface area contributed by atoms with Crippen LogP contribution in [0.1, 0.15) is 26.7 Å². The van der Waals surface area contributed by atoms with Gasteiger partial charge in [-0.3, -0.25) is 4.79 Å². The van der Waals surface area contributed by atoms with E-state index in [2.05, 4.69) is 17.1 Å². The van der Waals surface area contributed by atoms with E-state index in [9.17, 15) is 4.79 Å². The van der Waals surface area contributed by atoms with E-state index < -0.39 is 12.0 Å². The van der Waals surface area contributed by atoms with Gasteiger partial charge in [0.15, 0.2) is 0 Å². The van der Waals surface area contributed by atoms with Gasteiger partial charge < -0.3 is 15.3 Å². The lowest BCUT2D eigenvalue weighted by Gasteiger charge is -2.22. The summed E-state index contributed by atoms with van der Waals surface area (Å²) in [6.45, 7) is 4.77. The first-order valence-corrected chi connectivity index (χ1v) is 5.11. The average molecular weight is 202 g/mol. The monoisotopic (exact) mass is 202 g/mol. The molecule has 2 atom stereocenters. The van der Waals surface area contributed by atoms with Crippen molar-refractivity contribution >= 4 is 5.97 Å². The molecule has 0 aliphatic heterocycles. The molecule has 0 bridgehead atoms. The highest BCUT2D eigenvalue weighted by molar-refractivity contribution is 5.73. The molecule has 0 radical (unpaired) electrons. The molecule has 0 saturated heterocycles. The molecule has 84 valence electrons. The molecule has 0 aromatic rings. The summed E-state index contributed by atoms with van der Waals surface area (Å²) >= 11 is 0. The van der Waals surface area contributed by atoms with Crippen molar-refractivity contribution in [1.82, 2.24) is 10.2 Å². The summed E-state index contributed by atoms with van der Waals surface area (Å²) < 4.78 is 0. The maximum atomic E-state index is 10.8. The number of hydrogen-bond donors (Lipinski definition) is 2. The summed E-state index contributed by atoms with van der Waals surface area (Å²) in [5.41, 5.74) is 0. The third-order valence-electron chi connectivity index (χ3n) is 2.42. The number of carboxylic acid groups (broad SMARTS) is 1. The Morgan fingerprint density at radius 1 is 1.50 bits per heavy atom. The van der Waals surface area contributed by atoms with E-state index in [-0.39, 0.29) is 0 Å². The van der Waals surface area contributed by atoms with E-state index in [1.54, 1.807) is 0 Å². The molecule has 4 heteroatoms. The first kappa shape index (κ1) is 13.4. The van der Waals surface area contributed by atoms with Gasteiger partial charge in [0.2, 0.25) is 0 Å². The van der Waals surface area contributed by atoms with E-state index in [1.165, 1.54) is 0 Å². The summed E-state index contributed by atoms with van der Waals surface area (Å²) in [7, 11) is 3.98. The second kappa shape index (κ2) is 6.79. The molecule has 4 nitrogen and oxygen atoms in total. The highest BCUT2D eigenvalue weighted by Gasteiger charge is 2.16. The predicted molar refractivity (Wildman–Crippen MR) is 57.5 cm³/mol. The van der Waals surface area contributed by atoms with Crippen molar-refractivity contribution in [2.45, 2.75) is 38.8 Å². The minimum Gasteiger partial charge on any atom is -0.480 e. The summed E-state index contributed by atoms with van der Waals surface area (Å²) in [6, 6.07) is -0.0453. The van der Waals surface area contributed by atoms with E-state index in [0.717, 1.165) is 6.42 Å². The normalized spacial score (nSPS) is 15.5. The first-order chi connectivity index (χ1) is 6.49. The molecule has 0 rings (SSSR count). The van der Waals surface area contributed by atoms with Gasteiger partial charge in [0.1, 0.15) is 6.04 Å². The van der Waals surface area contributed by atoms with Crippen LogP contribution in [-0.4, -0.2) is 48.7 Å². The number of likely N-dealkylation sites (N-methyl/N-ethyl adjacent to an activating group) is 1. The largest absolute Gasteiger partial charge is 0.480 e. The topological polar surface area (TPSA) is 52.6 Å². The Labute approximate surface area is 86.3 Å². The highest BCUT2D eigenvalue weighted by atomic mass is 16.4. The number of aliphatic carboxylic acids is 1. The number of carbonyl (C=O) groups is 1. The summed E-state index contributed by atoms with van der Waals surface area (Å²) in [5.74, 6) is -0.752. The van der Waals surface area contributed by atoms with Gasteiger partial charge in [0, 0.05) is 12.6 Å². The Bertz CT molecular complexity index is 172. The third-order valence-corrected chi connectivity index (χ3v) is 2.42. The number of rotatable bonds is 7. The molecular formula is C10H22N2O2. The zero-order valence-electron chi connectivity index (χ0n) is 9.58. The van der Waals surface area contributed by atoms with Crippen LogP contribution in [0.4, 0.5) is 0 Å². The fourth-order valence-corrected chi connectivity index (χ4v) is 1.10. The zero-order chi connectivity index (χ0) is 11.1. The van der Waals surface area contributed by atoms with Gasteiger partial charge in [-0.15, -0.1) is 0 Å². The number of nitrogens with zero attached hydrogens (tertiary/aromatic N) is 1. The number of carboxylic acids is 1. The second-order valence-corrected chi connectivity index (χ2v) is 3.90. The maximum Gasteiger partial charge on any atom is 0.320 e. The molecule has 0 aliphatic rings. The fourth-order valence-electron chi connectivity index (χ4n) is 1.10. The third kappa shape index (κ3) is 5.19. The summed E-state index contributed by atoms with van der Waals surface area (Å²) in [6.07, 6.45) is 1.58. The van der Waals surface area contributed by atoms with Crippen LogP contribution in [0, 0.1) is 0 Å². The Kier molecular flexibility index (Phi) is 6.49. The van der Waals surface area contributed by atoms with Crippen LogP contribution in [-0.2, 0) is 4.79 Å². The Morgan fingerprint density at radius 2 is 2.07 bits per heavy atom. The van der Waals surface area contributed by atoms with Crippen LogP contribution in [0.2, 0.25) is 0 Å². The average Bonchev–Trinajstić information content (AvgIpc) is 2.10. The van der Waals surface area contributed by atoms with Crippen molar-refractivity contribution in [3.8, 4) is 0 Å². The minimum absolute atomic E-state index is 0.355. The summed E-state index contributed by atoms with van der Waals surface area (Å²) in [4.78, 5) is 12.9. The Hall–Kier alpha value is -0.610. The molecule has 0 saturated carbocycles. The molecule has 2 N–H and O–H groups in total. The van der Waals surface area contributed by atoms with Gasteiger partial charge in [-0.1, -0.05) is 13.3 Å². The Morgan fingerprint density at radius 3 is 2.43 bits per heavy atom. The van der Waals surface area contributed by atoms with Crippen molar-refractivity contribution in [2.24, 2.45) is 0 Å². The second-order valence-electron chi connectivity index (χ2n) is 3.90. The molecule has 0 aromatic carbocycles. The lowest BCUT2D eigenvalue weighted by molar-refractivity contribution is -0.139. The van der Waals surface area contributed by atoms with Crippen molar-refractivity contribution < 1.29 is 9.90 Å². The molecule has 0 heterocycles. The van der Waals surface area contributed by atoms with Gasteiger partial charge >= 0.3 is 5.97 Å². The zero-order valence-corrected chi connectivity index (χ0v) is 9.58. The molecule has 0 aliphatic carbocycles. The van der Waals surface area contributed by atoms with E-state index in [1.807, 2.05) is 21.0 Å². The SMILES string of the molecule is CCCC(NCC(C)N(C)C)C(=O)O. The van der Waals surface area contributed by atoms with Gasteiger partial charge in [0.05, 0.1) is 0 Å². The van der Waals surface area contributed by atoms with E-state index >= 15 is 0 Å². The van der Waals surface area contributed by atoms with Crippen LogP contribution >= 0.6 is 0 Å². The molecule has 0 spiro atoms. The molecular weight excluding hydrogens is 180 g/mol. The highest BCUT2D eigenvalue weighted by Crippen LogP contribution is 1.98. The van der Waals surface area contributed by atoms with Crippen LogP contribution in [0.3, 0.4) is 0 Å². The maximum absolute atomic E-state index is 10.8. The van der Waals surface area contributed by atoms with Gasteiger partial charge in [-0.2, -0.15) is 0 Å². The summed E-state index contributed by atoms with van der Waals surface area (Å²) in [5, 5.41) is 11.9. The van der Waals surface area contributed by atoms with Crippen LogP contribution in [0.25, 0.3) is 0 Å². The van der Waals surface area contributed by atoms with Crippen LogP contribution < -0.4 is 5.32 Å². The van der Waals surface area contributed by atoms with Crippen molar-refractivity contribution in [2.75, 3.05) is 20.6 Å². The standard InChI is InChI=1S/C10H22N2O2/c1-5-6-9(10(13)14)11-7-8(2)12(3)4/h8-9,11H,5-7H2,1-4H3,(H,13,14). The minimum atomic E-state index is -0.752. The van der Waals surface area contributed by atoms with Gasteiger partial charge in [-0.25, -0.2) is 0 Å². The van der Waals surface area contributed by atoms with Gasteiger partial charge in [-0.05, 0) is 27.4 Å². The van der Waals surface area contributed by atoms with E-state index in [0.29, 0.717) is 19.0 Å². The van der Waals surface area contributed by atoms with Gasteiger partial charge in [0.25, 0.3) is 0 Å². The fraction of sp³-hybridized carbons (Fsp3) is 0.900. The predicted octanol–water partition coefficient (Wildman–Crippen LogP) is 0.779. The molecule has 0 fully saturated rings. The Balaban J connectivity index is 3.87. The smallest absolute Gasteiger partial charge is 0.320 e. The van der Waals surface area contributed by atoms with Crippen molar-refractivity contribution in [3.63, 3.8) is 0 Å². The number of nitrogens with one attached hydrogen (secondary N) is 1. The molecule has 2 unspecified atom stereocenters.